The van der Waals surface area contributed by atoms with Crippen LogP contribution in [-0.2, 0) is 12.7 Å². The molecule has 1 aliphatic heterocycles. The Morgan fingerprint density at radius 3 is 2.39 bits per heavy atom. The summed E-state index contributed by atoms with van der Waals surface area (Å²) in [6.07, 6.45) is -1.31. The van der Waals surface area contributed by atoms with E-state index in [0.717, 1.165) is 55.6 Å². The molecular weight excluding hydrogens is 469 g/mol. The fraction of sp³-hybridized carbons (Fsp3) is 0.407. The molecule has 6 nitrogen and oxygen atoms in total. The zero-order valence-electron chi connectivity index (χ0n) is 20.6. The molecule has 1 fully saturated rings. The van der Waals surface area contributed by atoms with Crippen LogP contribution in [-0.4, -0.2) is 61.1 Å². The Morgan fingerprint density at radius 2 is 1.72 bits per heavy atom. The minimum absolute atomic E-state index is 0.000758. The van der Waals surface area contributed by atoms with Crippen LogP contribution in [0, 0.1) is 0 Å². The van der Waals surface area contributed by atoms with Gasteiger partial charge in [-0.1, -0.05) is 41.6 Å². The summed E-state index contributed by atoms with van der Waals surface area (Å²) in [5.41, 5.74) is 1.43. The Kier molecular flexibility index (Phi) is 7.98. The van der Waals surface area contributed by atoms with Crippen molar-refractivity contribution in [3.63, 3.8) is 0 Å². The molecule has 0 unspecified atom stereocenters. The van der Waals surface area contributed by atoms with E-state index in [1.165, 1.54) is 12.1 Å². The molecule has 0 N–H and O–H groups in total. The Labute approximate surface area is 209 Å². The fourth-order valence-corrected chi connectivity index (χ4v) is 4.39. The normalized spacial score (nSPS) is 14.3. The number of benzene rings is 2. The molecule has 3 aromatic rings. The van der Waals surface area contributed by atoms with Gasteiger partial charge in [-0.15, -0.1) is 0 Å². The summed E-state index contributed by atoms with van der Waals surface area (Å²) in [4.78, 5) is 19.2. The number of rotatable bonds is 8. The summed E-state index contributed by atoms with van der Waals surface area (Å²) in [6, 6.07) is 14.2. The molecule has 0 atom stereocenters. The smallest absolute Gasteiger partial charge is 0.340 e. The number of likely N-dealkylation sites (N-methyl/N-ethyl adjacent to an activating group) is 1. The maximum absolute atomic E-state index is 13.6. The van der Waals surface area contributed by atoms with E-state index < -0.39 is 17.6 Å². The summed E-state index contributed by atoms with van der Waals surface area (Å²) in [5, 5.41) is 4.37. The number of nitrogens with zero attached hydrogens (tertiary/aromatic N) is 4. The highest BCUT2D eigenvalue weighted by Gasteiger charge is 2.32. The van der Waals surface area contributed by atoms with Crippen LogP contribution in [0.2, 0.25) is 0 Å². The van der Waals surface area contributed by atoms with Crippen molar-refractivity contribution in [2.45, 2.75) is 32.0 Å². The lowest BCUT2D eigenvalue weighted by Gasteiger charge is -2.29. The van der Waals surface area contributed by atoms with Crippen molar-refractivity contribution in [3.05, 3.63) is 71.3 Å². The van der Waals surface area contributed by atoms with Crippen molar-refractivity contribution in [2.24, 2.45) is 0 Å². The molecule has 0 aliphatic carbocycles. The summed E-state index contributed by atoms with van der Waals surface area (Å²) in [5.74, 6) is 0.160. The molecule has 192 valence electrons. The van der Waals surface area contributed by atoms with E-state index in [1.807, 2.05) is 49.3 Å². The van der Waals surface area contributed by atoms with Gasteiger partial charge < -0.3 is 19.2 Å². The molecule has 1 saturated heterocycles. The van der Waals surface area contributed by atoms with Crippen molar-refractivity contribution in [1.29, 1.82) is 0 Å². The maximum Gasteiger partial charge on any atom is 0.416 e. The third kappa shape index (κ3) is 6.07. The molecular formula is C27H31F3N4O2. The number of piperidine rings is 1. The number of carbonyl (C=O) groups is 1. The largest absolute Gasteiger partial charge is 0.416 e. The molecule has 2 aromatic carbocycles. The van der Waals surface area contributed by atoms with E-state index >= 15 is 0 Å². The topological polar surface area (TPSA) is 52.8 Å². The number of hydrogen-bond donors (Lipinski definition) is 0. The van der Waals surface area contributed by atoms with Crippen molar-refractivity contribution in [2.75, 3.05) is 45.2 Å². The second kappa shape index (κ2) is 11.2. The van der Waals surface area contributed by atoms with Crippen LogP contribution in [0.15, 0.2) is 59.1 Å². The van der Waals surface area contributed by atoms with Crippen LogP contribution in [0.5, 0.6) is 0 Å². The van der Waals surface area contributed by atoms with Crippen LogP contribution in [0.25, 0.3) is 11.3 Å². The van der Waals surface area contributed by atoms with Crippen molar-refractivity contribution in [3.8, 4) is 11.3 Å². The van der Waals surface area contributed by atoms with E-state index in [-0.39, 0.29) is 12.1 Å². The zero-order valence-corrected chi connectivity index (χ0v) is 20.6. The summed E-state index contributed by atoms with van der Waals surface area (Å²) >= 11 is 0. The Morgan fingerprint density at radius 1 is 1.00 bits per heavy atom. The summed E-state index contributed by atoms with van der Waals surface area (Å²) in [7, 11) is 3.78. The van der Waals surface area contributed by atoms with E-state index in [1.54, 1.807) is 4.90 Å². The number of halogens is 3. The van der Waals surface area contributed by atoms with Gasteiger partial charge in [0, 0.05) is 37.3 Å². The van der Waals surface area contributed by atoms with Crippen LogP contribution in [0.4, 0.5) is 19.1 Å². The molecule has 0 radical (unpaired) electrons. The molecule has 1 aliphatic rings. The van der Waals surface area contributed by atoms with Crippen molar-refractivity contribution >= 4 is 11.8 Å². The van der Waals surface area contributed by atoms with E-state index in [0.29, 0.717) is 24.7 Å². The lowest BCUT2D eigenvalue weighted by molar-refractivity contribution is -0.137. The first-order valence-corrected chi connectivity index (χ1v) is 12.1. The van der Waals surface area contributed by atoms with Gasteiger partial charge in [-0.05, 0) is 51.6 Å². The number of anilines is 1. The Bertz CT molecular complexity index is 1160. The molecule has 0 spiro atoms. The quantitative estimate of drug-likeness (QED) is 0.406. The van der Waals surface area contributed by atoms with Crippen molar-refractivity contribution < 1.29 is 22.5 Å². The Balaban J connectivity index is 1.72. The summed E-state index contributed by atoms with van der Waals surface area (Å²) in [6.45, 7) is 2.71. The first-order valence-electron chi connectivity index (χ1n) is 12.1. The van der Waals surface area contributed by atoms with Gasteiger partial charge in [-0.25, -0.2) is 0 Å². The lowest BCUT2D eigenvalue weighted by atomic mass is 10.0. The number of amides is 1. The summed E-state index contributed by atoms with van der Waals surface area (Å²) < 4.78 is 45.8. The number of hydrogen-bond acceptors (Lipinski definition) is 5. The van der Waals surface area contributed by atoms with Crippen LogP contribution >= 0.6 is 0 Å². The van der Waals surface area contributed by atoms with E-state index in [2.05, 4.69) is 10.1 Å². The average Bonchev–Trinajstić information content (AvgIpc) is 3.30. The predicted octanol–water partition coefficient (Wildman–Crippen LogP) is 5.55. The predicted molar refractivity (Wildman–Crippen MR) is 133 cm³/mol. The highest BCUT2D eigenvalue weighted by molar-refractivity contribution is 5.94. The van der Waals surface area contributed by atoms with Crippen molar-refractivity contribution in [1.82, 2.24) is 15.0 Å². The minimum Gasteiger partial charge on any atom is -0.340 e. The molecule has 1 aromatic heterocycles. The maximum atomic E-state index is 13.6. The standard InChI is InChI=1S/C27H31F3N4O2/c1-32(2)16-17-34(25(35)21-12-9-13-22(18-21)27(28,29)30)19-23-24(20-10-5-3-6-11-20)31-36-26(23)33-14-7-4-8-15-33/h3,5-6,9-13,18H,4,7-8,14-17,19H2,1-2H3. The second-order valence-corrected chi connectivity index (χ2v) is 9.34. The minimum atomic E-state index is -4.53. The van der Waals surface area contributed by atoms with Gasteiger partial charge in [0.15, 0.2) is 0 Å². The number of aromatic nitrogens is 1. The second-order valence-electron chi connectivity index (χ2n) is 9.34. The van der Waals surface area contributed by atoms with E-state index in [9.17, 15) is 18.0 Å². The third-order valence-corrected chi connectivity index (χ3v) is 6.35. The lowest BCUT2D eigenvalue weighted by Crippen LogP contribution is -2.37. The highest BCUT2D eigenvalue weighted by atomic mass is 19.4. The molecule has 2 heterocycles. The van der Waals surface area contributed by atoms with Crippen LogP contribution in [0.3, 0.4) is 0 Å². The first kappa shape index (κ1) is 25.8. The van der Waals surface area contributed by atoms with Gasteiger partial charge in [0.05, 0.1) is 17.7 Å². The van der Waals surface area contributed by atoms with Gasteiger partial charge in [-0.2, -0.15) is 13.2 Å². The van der Waals surface area contributed by atoms with E-state index in [4.69, 9.17) is 4.52 Å². The van der Waals surface area contributed by atoms with Crippen LogP contribution < -0.4 is 4.90 Å². The van der Waals surface area contributed by atoms with Gasteiger partial charge in [0.25, 0.3) is 5.91 Å². The zero-order chi connectivity index (χ0) is 25.7. The monoisotopic (exact) mass is 500 g/mol. The van der Waals surface area contributed by atoms with Gasteiger partial charge >= 0.3 is 6.18 Å². The SMILES string of the molecule is CN(C)CCN(Cc1c(-c2ccccc2)noc1N1CCCCC1)C(=O)c1cccc(C(F)(F)F)c1. The van der Waals surface area contributed by atoms with Gasteiger partial charge in [-0.3, -0.25) is 4.79 Å². The number of carbonyl (C=O) groups excluding carboxylic acids is 1. The van der Waals surface area contributed by atoms with Gasteiger partial charge in [0.2, 0.25) is 5.88 Å². The molecule has 4 rings (SSSR count). The molecule has 36 heavy (non-hydrogen) atoms. The molecule has 0 bridgehead atoms. The molecule has 9 heteroatoms. The highest BCUT2D eigenvalue weighted by Crippen LogP contribution is 2.34. The average molecular weight is 501 g/mol. The Hall–Kier alpha value is -3.33. The third-order valence-electron chi connectivity index (χ3n) is 6.35. The molecule has 1 amide bonds. The first-order chi connectivity index (χ1) is 17.2. The molecule has 0 saturated carbocycles. The van der Waals surface area contributed by atoms with Gasteiger partial charge in [0.1, 0.15) is 5.69 Å². The fourth-order valence-electron chi connectivity index (χ4n) is 4.39. The number of alkyl halides is 3. The van der Waals surface area contributed by atoms with Crippen LogP contribution in [0.1, 0.15) is 40.7 Å².